The van der Waals surface area contributed by atoms with Gasteiger partial charge in [-0.1, -0.05) is 147 Å². The smallest absolute Gasteiger partial charge is 0.0547 e. The van der Waals surface area contributed by atoms with Gasteiger partial charge in [0.2, 0.25) is 0 Å². The number of fused-ring (bicyclic) bond motifs is 14. The van der Waals surface area contributed by atoms with Crippen LogP contribution in [0, 0.1) is 0 Å². The molecule has 0 saturated heterocycles. The molecule has 0 atom stereocenters. The quantitative estimate of drug-likeness (QED) is 0.162. The van der Waals surface area contributed by atoms with E-state index < -0.39 is 0 Å². The third-order valence-corrected chi connectivity index (χ3v) is 12.5. The molecule has 0 unspecified atom stereocenters. The van der Waals surface area contributed by atoms with Crippen LogP contribution in [0.4, 0.5) is 0 Å². The van der Waals surface area contributed by atoms with Crippen LogP contribution in [0.1, 0.15) is 25.0 Å². The van der Waals surface area contributed by atoms with E-state index in [1.807, 2.05) is 0 Å². The van der Waals surface area contributed by atoms with Gasteiger partial charge in [0.15, 0.2) is 0 Å². The lowest BCUT2D eigenvalue weighted by atomic mass is 9.79. The normalized spacial score (nSPS) is 13.4. The van der Waals surface area contributed by atoms with E-state index in [0.29, 0.717) is 0 Å². The van der Waals surface area contributed by atoms with Crippen molar-refractivity contribution in [1.29, 1.82) is 0 Å². The van der Waals surface area contributed by atoms with Crippen LogP contribution in [-0.2, 0) is 5.41 Å². The molecule has 2 heterocycles. The number of hydrogen-bond acceptors (Lipinski definition) is 0. The standard InChI is InChI=1S/C53H36N2/c1-53(2)45-20-9-6-15-39(45)42-19-12-18-36(52(42)53)33-23-25-35(26-24-33)55-47-22-11-8-17-44(47)51-41-28-27-40-37(38(41)30-32-49(51)55)29-31-48-50(40)43-16-7-10-21-46(43)54(48)34-13-4-3-5-14-34/h3-32H,1-2H3. The Labute approximate surface area is 319 Å². The average Bonchev–Trinajstić information content (AvgIpc) is 3.85. The van der Waals surface area contributed by atoms with E-state index in [1.54, 1.807) is 0 Å². The highest BCUT2D eigenvalue weighted by Gasteiger charge is 2.37. The molecule has 1 aliphatic carbocycles. The molecule has 0 bridgehead atoms. The third kappa shape index (κ3) is 4.09. The monoisotopic (exact) mass is 700 g/mol. The number of hydrogen-bond donors (Lipinski definition) is 0. The van der Waals surface area contributed by atoms with Gasteiger partial charge in [0, 0.05) is 38.3 Å². The predicted octanol–water partition coefficient (Wildman–Crippen LogP) is 14.2. The van der Waals surface area contributed by atoms with Crippen LogP contribution in [-0.4, -0.2) is 9.13 Å². The Morgan fingerprint density at radius 1 is 0.327 bits per heavy atom. The lowest BCUT2D eigenvalue weighted by Crippen LogP contribution is -2.16. The molecule has 0 aliphatic heterocycles. The maximum absolute atomic E-state index is 2.45. The molecule has 9 aromatic carbocycles. The van der Waals surface area contributed by atoms with Crippen molar-refractivity contribution in [3.63, 3.8) is 0 Å². The highest BCUT2D eigenvalue weighted by molar-refractivity contribution is 6.30. The van der Waals surface area contributed by atoms with Crippen LogP contribution in [0.5, 0.6) is 0 Å². The van der Waals surface area contributed by atoms with Gasteiger partial charge in [-0.05, 0) is 103 Å². The highest BCUT2D eigenvalue weighted by Crippen LogP contribution is 2.52. The second-order valence-electron chi connectivity index (χ2n) is 15.7. The minimum atomic E-state index is -0.0655. The van der Waals surface area contributed by atoms with Crippen molar-refractivity contribution in [2.24, 2.45) is 0 Å². The lowest BCUT2D eigenvalue weighted by Gasteiger charge is -2.24. The van der Waals surface area contributed by atoms with Crippen molar-refractivity contribution >= 4 is 65.2 Å². The topological polar surface area (TPSA) is 9.86 Å². The number of aromatic nitrogens is 2. The van der Waals surface area contributed by atoms with Gasteiger partial charge in [-0.25, -0.2) is 0 Å². The minimum Gasteiger partial charge on any atom is -0.309 e. The van der Waals surface area contributed by atoms with Gasteiger partial charge in [-0.15, -0.1) is 0 Å². The first-order valence-corrected chi connectivity index (χ1v) is 19.3. The first kappa shape index (κ1) is 30.6. The molecular formula is C53H36N2. The summed E-state index contributed by atoms with van der Waals surface area (Å²) in [4.78, 5) is 0. The van der Waals surface area contributed by atoms with Gasteiger partial charge in [0.1, 0.15) is 0 Å². The first-order chi connectivity index (χ1) is 27.1. The molecule has 1 aliphatic rings. The van der Waals surface area contributed by atoms with Crippen molar-refractivity contribution in [3.8, 4) is 33.6 Å². The van der Waals surface area contributed by atoms with Crippen molar-refractivity contribution in [1.82, 2.24) is 9.13 Å². The molecule has 2 nitrogen and oxygen atoms in total. The van der Waals surface area contributed by atoms with Gasteiger partial charge in [-0.2, -0.15) is 0 Å². The Bertz CT molecular complexity index is 3380. The molecule has 0 N–H and O–H groups in total. The SMILES string of the molecule is CC1(C)c2ccccc2-c2cccc(-c3ccc(-n4c5ccccc5c5c6ccc7c(ccc8c7c7ccccc7n8-c7ccccc7)c6ccc54)cc3)c21. The van der Waals surface area contributed by atoms with Gasteiger partial charge < -0.3 is 9.13 Å². The fourth-order valence-corrected chi connectivity index (χ4v) is 10.2. The summed E-state index contributed by atoms with van der Waals surface area (Å²) in [7, 11) is 0. The Kier molecular flexibility index (Phi) is 6.15. The summed E-state index contributed by atoms with van der Waals surface area (Å²) in [6, 6.07) is 67.4. The molecule has 0 saturated carbocycles. The summed E-state index contributed by atoms with van der Waals surface area (Å²) in [5.41, 5.74) is 15.3. The van der Waals surface area contributed by atoms with Gasteiger partial charge >= 0.3 is 0 Å². The summed E-state index contributed by atoms with van der Waals surface area (Å²) >= 11 is 0. The maximum atomic E-state index is 2.45. The van der Waals surface area contributed by atoms with E-state index in [2.05, 4.69) is 205 Å². The van der Waals surface area contributed by atoms with Crippen LogP contribution in [0.25, 0.3) is 98.8 Å². The van der Waals surface area contributed by atoms with E-state index in [-0.39, 0.29) is 5.41 Å². The minimum absolute atomic E-state index is 0.0655. The molecule has 0 fully saturated rings. The number of benzene rings is 9. The molecule has 11 aromatic rings. The molecule has 258 valence electrons. The number of nitrogens with zero attached hydrogens (tertiary/aromatic N) is 2. The zero-order valence-electron chi connectivity index (χ0n) is 30.7. The Morgan fingerprint density at radius 3 is 1.45 bits per heavy atom. The fraction of sp³-hybridized carbons (Fsp3) is 0.0566. The summed E-state index contributed by atoms with van der Waals surface area (Å²) in [6.07, 6.45) is 0. The molecule has 0 spiro atoms. The van der Waals surface area contributed by atoms with Crippen LogP contribution in [0.15, 0.2) is 182 Å². The van der Waals surface area contributed by atoms with E-state index >= 15 is 0 Å². The zero-order valence-corrected chi connectivity index (χ0v) is 30.7. The van der Waals surface area contributed by atoms with Crippen LogP contribution < -0.4 is 0 Å². The summed E-state index contributed by atoms with van der Waals surface area (Å²) in [5, 5.41) is 10.3. The van der Waals surface area contributed by atoms with Crippen LogP contribution in [0.3, 0.4) is 0 Å². The molecule has 55 heavy (non-hydrogen) atoms. The van der Waals surface area contributed by atoms with Gasteiger partial charge in [-0.3, -0.25) is 0 Å². The van der Waals surface area contributed by atoms with E-state index in [1.165, 1.54) is 110 Å². The Hall–Kier alpha value is -6.90. The van der Waals surface area contributed by atoms with Gasteiger partial charge in [0.05, 0.1) is 22.1 Å². The zero-order chi connectivity index (χ0) is 36.4. The van der Waals surface area contributed by atoms with Crippen molar-refractivity contribution in [2.75, 3.05) is 0 Å². The summed E-state index contributed by atoms with van der Waals surface area (Å²) < 4.78 is 4.85. The molecule has 0 amide bonds. The van der Waals surface area contributed by atoms with E-state index in [9.17, 15) is 0 Å². The summed E-state index contributed by atoms with van der Waals surface area (Å²) in [6.45, 7) is 4.74. The number of para-hydroxylation sites is 3. The largest absolute Gasteiger partial charge is 0.309 e. The maximum Gasteiger partial charge on any atom is 0.0547 e. The second kappa shape index (κ2) is 11.1. The average molecular weight is 701 g/mol. The summed E-state index contributed by atoms with van der Waals surface area (Å²) in [5.74, 6) is 0. The molecule has 2 heteroatoms. The molecule has 12 rings (SSSR count). The lowest BCUT2D eigenvalue weighted by molar-refractivity contribution is 0.662. The van der Waals surface area contributed by atoms with E-state index in [4.69, 9.17) is 0 Å². The van der Waals surface area contributed by atoms with E-state index in [0.717, 1.165) is 0 Å². The number of rotatable bonds is 3. The third-order valence-electron chi connectivity index (χ3n) is 12.5. The van der Waals surface area contributed by atoms with Gasteiger partial charge in [0.25, 0.3) is 0 Å². The van der Waals surface area contributed by atoms with Crippen molar-refractivity contribution in [2.45, 2.75) is 19.3 Å². The first-order valence-electron chi connectivity index (χ1n) is 19.3. The van der Waals surface area contributed by atoms with Crippen molar-refractivity contribution < 1.29 is 0 Å². The van der Waals surface area contributed by atoms with Crippen LogP contribution in [0.2, 0.25) is 0 Å². The van der Waals surface area contributed by atoms with Crippen molar-refractivity contribution in [3.05, 3.63) is 193 Å². The van der Waals surface area contributed by atoms with Crippen LogP contribution >= 0.6 is 0 Å². The Balaban J connectivity index is 1.05. The second-order valence-corrected chi connectivity index (χ2v) is 15.7. The molecule has 0 radical (unpaired) electrons. The Morgan fingerprint density at radius 2 is 0.818 bits per heavy atom. The predicted molar refractivity (Wildman–Crippen MR) is 233 cm³/mol. The highest BCUT2D eigenvalue weighted by atomic mass is 15.0. The molecular weight excluding hydrogens is 665 g/mol. The molecule has 2 aromatic heterocycles. The fourth-order valence-electron chi connectivity index (χ4n) is 10.2.